The lowest BCUT2D eigenvalue weighted by Crippen LogP contribution is -2.27. The summed E-state index contributed by atoms with van der Waals surface area (Å²) in [5, 5.41) is 9.12. The molecule has 0 aliphatic rings. The Morgan fingerprint density at radius 3 is 1.45 bits per heavy atom. The first kappa shape index (κ1) is 22.5. The number of nitrogens with zero attached hydrogens (tertiary/aromatic N) is 1. The van der Waals surface area contributed by atoms with Crippen LogP contribution in [0.15, 0.2) is 109 Å². The first-order valence-corrected chi connectivity index (χ1v) is 11.3. The Balaban J connectivity index is 1.60. The van der Waals surface area contributed by atoms with Crippen LogP contribution in [0.1, 0.15) is 23.5 Å². The lowest BCUT2D eigenvalue weighted by molar-refractivity contribution is -0.137. The highest BCUT2D eigenvalue weighted by Crippen LogP contribution is 2.32. The Hall–Kier alpha value is -3.69. The third-order valence-corrected chi connectivity index (χ3v) is 6.05. The van der Waals surface area contributed by atoms with Crippen LogP contribution in [0.25, 0.3) is 22.3 Å². The lowest BCUT2D eigenvalue weighted by Gasteiger charge is -2.22. The maximum Gasteiger partial charge on any atom is 0.317 e. The van der Waals surface area contributed by atoms with E-state index in [1.54, 1.807) is 0 Å². The third kappa shape index (κ3) is 5.97. The van der Waals surface area contributed by atoms with Gasteiger partial charge in [0.15, 0.2) is 0 Å². The van der Waals surface area contributed by atoms with Gasteiger partial charge < -0.3 is 5.11 Å². The first-order valence-electron chi connectivity index (χ1n) is 11.3. The zero-order valence-electron chi connectivity index (χ0n) is 18.9. The molecule has 0 heterocycles. The molecule has 0 amide bonds. The van der Waals surface area contributed by atoms with Crippen LogP contribution in [0.2, 0.25) is 0 Å². The summed E-state index contributed by atoms with van der Waals surface area (Å²) in [6, 6.07) is 38.3. The number of aliphatic carboxylic acids is 1. The van der Waals surface area contributed by atoms with Crippen LogP contribution in [0.5, 0.6) is 0 Å². The van der Waals surface area contributed by atoms with Gasteiger partial charge in [-0.3, -0.25) is 9.69 Å². The van der Waals surface area contributed by atoms with Gasteiger partial charge in [-0.1, -0.05) is 109 Å². The average Bonchev–Trinajstić information content (AvgIpc) is 2.86. The van der Waals surface area contributed by atoms with Gasteiger partial charge in [-0.2, -0.15) is 0 Å². The Labute approximate surface area is 196 Å². The highest BCUT2D eigenvalue weighted by atomic mass is 16.4. The van der Waals surface area contributed by atoms with E-state index in [9.17, 15) is 4.79 Å². The van der Waals surface area contributed by atoms with Crippen molar-refractivity contribution in [3.8, 4) is 22.3 Å². The van der Waals surface area contributed by atoms with E-state index in [0.717, 1.165) is 6.42 Å². The molecule has 0 bridgehead atoms. The number of carboxylic acids is 1. The standard InChI is InChI=1S/C30H29NO2/c1-31(22-30(32)33)21-20-29(27-16-12-25(13-17-27)23-8-4-2-5-9-23)28-18-14-26(15-19-28)24-10-6-3-7-11-24/h2-19,29H,20-22H2,1H3,(H,32,33). The largest absolute Gasteiger partial charge is 0.480 e. The molecular weight excluding hydrogens is 406 g/mol. The molecule has 0 saturated carbocycles. The fourth-order valence-corrected chi connectivity index (χ4v) is 4.26. The van der Waals surface area contributed by atoms with Gasteiger partial charge in [-0.25, -0.2) is 0 Å². The van der Waals surface area contributed by atoms with Crippen LogP contribution >= 0.6 is 0 Å². The summed E-state index contributed by atoms with van der Waals surface area (Å²) >= 11 is 0. The van der Waals surface area contributed by atoms with E-state index in [1.807, 2.05) is 24.1 Å². The molecule has 33 heavy (non-hydrogen) atoms. The van der Waals surface area contributed by atoms with Crippen LogP contribution in [0.3, 0.4) is 0 Å². The van der Waals surface area contributed by atoms with Crippen molar-refractivity contribution < 1.29 is 9.90 Å². The quantitative estimate of drug-likeness (QED) is 0.324. The Kier molecular flexibility index (Phi) is 7.33. The predicted octanol–water partition coefficient (Wildman–Crippen LogP) is 6.56. The molecule has 0 unspecified atom stereocenters. The maximum atomic E-state index is 11.1. The molecule has 0 spiro atoms. The molecule has 0 aliphatic carbocycles. The fourth-order valence-electron chi connectivity index (χ4n) is 4.26. The average molecular weight is 436 g/mol. The minimum Gasteiger partial charge on any atom is -0.480 e. The van der Waals surface area contributed by atoms with E-state index in [4.69, 9.17) is 5.11 Å². The molecule has 4 aromatic rings. The molecule has 1 N–H and O–H groups in total. The summed E-state index contributed by atoms with van der Waals surface area (Å²) in [7, 11) is 1.86. The minimum atomic E-state index is -0.798. The number of hydrogen-bond donors (Lipinski definition) is 1. The second-order valence-corrected chi connectivity index (χ2v) is 8.45. The molecule has 0 atom stereocenters. The van der Waals surface area contributed by atoms with E-state index in [0.29, 0.717) is 6.54 Å². The molecule has 0 fully saturated rings. The van der Waals surface area contributed by atoms with Crippen molar-refractivity contribution in [3.05, 3.63) is 120 Å². The van der Waals surface area contributed by atoms with Gasteiger partial charge in [0, 0.05) is 5.92 Å². The van der Waals surface area contributed by atoms with Gasteiger partial charge in [-0.05, 0) is 53.4 Å². The van der Waals surface area contributed by atoms with Crippen LogP contribution < -0.4 is 0 Å². The van der Waals surface area contributed by atoms with Gasteiger partial charge >= 0.3 is 5.97 Å². The summed E-state index contributed by atoms with van der Waals surface area (Å²) in [6.07, 6.45) is 0.846. The van der Waals surface area contributed by atoms with Crippen molar-refractivity contribution in [2.75, 3.05) is 20.1 Å². The van der Waals surface area contributed by atoms with Crippen LogP contribution in [-0.4, -0.2) is 36.1 Å². The molecule has 4 rings (SSSR count). The van der Waals surface area contributed by atoms with Crippen LogP contribution in [0, 0.1) is 0 Å². The zero-order valence-corrected chi connectivity index (χ0v) is 18.9. The molecular formula is C30H29NO2. The number of likely N-dealkylation sites (N-methyl/N-ethyl adjacent to an activating group) is 1. The Bertz CT molecular complexity index is 1070. The van der Waals surface area contributed by atoms with Gasteiger partial charge in [-0.15, -0.1) is 0 Å². The molecule has 0 aromatic heterocycles. The molecule has 0 aliphatic heterocycles. The third-order valence-electron chi connectivity index (χ3n) is 6.05. The summed E-state index contributed by atoms with van der Waals surface area (Å²) in [5.41, 5.74) is 7.28. The predicted molar refractivity (Wildman–Crippen MR) is 135 cm³/mol. The number of carboxylic acid groups (broad SMARTS) is 1. The van der Waals surface area contributed by atoms with Crippen LogP contribution in [-0.2, 0) is 4.79 Å². The number of rotatable bonds is 9. The number of hydrogen-bond acceptors (Lipinski definition) is 2. The summed E-state index contributed by atoms with van der Waals surface area (Å²) in [6.45, 7) is 0.754. The van der Waals surface area contributed by atoms with E-state index < -0.39 is 5.97 Å². The van der Waals surface area contributed by atoms with Crippen molar-refractivity contribution in [2.45, 2.75) is 12.3 Å². The van der Waals surface area contributed by atoms with Crippen molar-refractivity contribution in [1.29, 1.82) is 0 Å². The van der Waals surface area contributed by atoms with E-state index in [2.05, 4.69) is 97.1 Å². The lowest BCUT2D eigenvalue weighted by atomic mass is 9.86. The van der Waals surface area contributed by atoms with Crippen LogP contribution in [0.4, 0.5) is 0 Å². The Morgan fingerprint density at radius 2 is 1.06 bits per heavy atom. The fraction of sp³-hybridized carbons (Fsp3) is 0.167. The van der Waals surface area contributed by atoms with Gasteiger partial charge in [0.2, 0.25) is 0 Å². The molecule has 3 heteroatoms. The minimum absolute atomic E-state index is 0.0482. The van der Waals surface area contributed by atoms with E-state index in [-0.39, 0.29) is 12.5 Å². The van der Waals surface area contributed by atoms with Gasteiger partial charge in [0.05, 0.1) is 6.54 Å². The first-order chi connectivity index (χ1) is 16.1. The number of benzene rings is 4. The maximum absolute atomic E-state index is 11.1. The zero-order chi connectivity index (χ0) is 23.0. The summed E-state index contributed by atoms with van der Waals surface area (Å²) < 4.78 is 0. The Morgan fingerprint density at radius 1 is 0.667 bits per heavy atom. The van der Waals surface area contributed by atoms with Crippen molar-refractivity contribution in [2.24, 2.45) is 0 Å². The smallest absolute Gasteiger partial charge is 0.317 e. The SMILES string of the molecule is CN(CCC(c1ccc(-c2ccccc2)cc1)c1ccc(-c2ccccc2)cc1)CC(=O)O. The topological polar surface area (TPSA) is 40.5 Å². The summed E-state index contributed by atoms with van der Waals surface area (Å²) in [4.78, 5) is 13.0. The van der Waals surface area contributed by atoms with Crippen molar-refractivity contribution in [1.82, 2.24) is 4.90 Å². The molecule has 0 radical (unpaired) electrons. The van der Waals surface area contributed by atoms with Crippen molar-refractivity contribution >= 4 is 5.97 Å². The van der Waals surface area contributed by atoms with Gasteiger partial charge in [0.1, 0.15) is 0 Å². The normalized spacial score (nSPS) is 11.1. The van der Waals surface area contributed by atoms with Crippen molar-refractivity contribution in [3.63, 3.8) is 0 Å². The summed E-state index contributed by atoms with van der Waals surface area (Å²) in [5.74, 6) is -0.607. The second kappa shape index (κ2) is 10.8. The van der Waals surface area contributed by atoms with E-state index >= 15 is 0 Å². The molecule has 166 valence electrons. The second-order valence-electron chi connectivity index (χ2n) is 8.45. The van der Waals surface area contributed by atoms with E-state index in [1.165, 1.54) is 33.4 Å². The molecule has 3 nitrogen and oxygen atoms in total. The molecule has 4 aromatic carbocycles. The van der Waals surface area contributed by atoms with Gasteiger partial charge in [0.25, 0.3) is 0 Å². The highest BCUT2D eigenvalue weighted by Gasteiger charge is 2.16. The number of carbonyl (C=O) groups is 1. The monoisotopic (exact) mass is 435 g/mol. The highest BCUT2D eigenvalue weighted by molar-refractivity contribution is 5.69. The molecule has 0 saturated heterocycles.